The number of nitrogens with zero attached hydrogens (tertiary/aromatic N) is 4. The Morgan fingerprint density at radius 2 is 1.73 bits per heavy atom. The van der Waals surface area contributed by atoms with Crippen LogP contribution in [0.2, 0.25) is 0 Å². The molecule has 7 nitrogen and oxygen atoms in total. The molecule has 4 rings (SSSR count). The highest BCUT2D eigenvalue weighted by Gasteiger charge is 2.22. The average molecular weight is 450 g/mol. The molecule has 2 heterocycles. The average Bonchev–Trinajstić information content (AvgIpc) is 3.27. The third-order valence-corrected chi connectivity index (χ3v) is 6.32. The number of hydrogen-bond donors (Lipinski definition) is 1. The van der Waals surface area contributed by atoms with Crippen LogP contribution >= 0.6 is 0 Å². The molecule has 2 aliphatic heterocycles. The van der Waals surface area contributed by atoms with Crippen molar-refractivity contribution in [2.24, 2.45) is 4.99 Å². The van der Waals surface area contributed by atoms with E-state index in [0.29, 0.717) is 19.5 Å². The van der Waals surface area contributed by atoms with E-state index < -0.39 is 0 Å². The molecule has 1 N–H and O–H groups in total. The van der Waals surface area contributed by atoms with Crippen LogP contribution in [0.1, 0.15) is 30.9 Å². The number of piperazine rings is 1. The second-order valence-electron chi connectivity index (χ2n) is 8.55. The first-order valence-corrected chi connectivity index (χ1v) is 11.9. The van der Waals surface area contributed by atoms with Crippen LogP contribution in [0.25, 0.3) is 0 Å². The maximum absolute atomic E-state index is 11.9. The van der Waals surface area contributed by atoms with Crippen LogP contribution in [0.5, 0.6) is 5.75 Å². The molecular weight excluding hydrogens is 414 g/mol. The van der Waals surface area contributed by atoms with Crippen molar-refractivity contribution in [1.29, 1.82) is 0 Å². The number of carbonyl (C=O) groups is 1. The van der Waals surface area contributed by atoms with E-state index in [2.05, 4.69) is 58.4 Å². The van der Waals surface area contributed by atoms with E-state index in [1.807, 2.05) is 17.0 Å². The van der Waals surface area contributed by atoms with Gasteiger partial charge in [0.2, 0.25) is 5.91 Å². The molecule has 2 aromatic carbocycles. The lowest BCUT2D eigenvalue weighted by molar-refractivity contribution is -0.128. The van der Waals surface area contributed by atoms with E-state index in [1.54, 1.807) is 7.11 Å². The van der Waals surface area contributed by atoms with Crippen LogP contribution < -0.4 is 15.0 Å². The second-order valence-corrected chi connectivity index (χ2v) is 8.55. The quantitative estimate of drug-likeness (QED) is 0.520. The maximum Gasteiger partial charge on any atom is 0.222 e. The highest BCUT2D eigenvalue weighted by molar-refractivity contribution is 5.80. The number of carbonyl (C=O) groups excluding carboxylic acids is 1. The zero-order valence-corrected chi connectivity index (χ0v) is 19.8. The molecule has 33 heavy (non-hydrogen) atoms. The molecule has 0 aliphatic carbocycles. The number of methoxy groups -OCH3 is 1. The van der Waals surface area contributed by atoms with Gasteiger partial charge in [0.1, 0.15) is 5.75 Å². The number of para-hydroxylation sites is 2. The van der Waals surface area contributed by atoms with Gasteiger partial charge in [0, 0.05) is 52.2 Å². The molecule has 0 bridgehead atoms. The first-order chi connectivity index (χ1) is 16.2. The SMILES string of the molecule is CCNC(=NCc1ccc(CN2CCCC2=O)cc1)N1CCN(c2ccccc2OC)CC1. The molecule has 0 aromatic heterocycles. The van der Waals surface area contributed by atoms with E-state index in [4.69, 9.17) is 9.73 Å². The van der Waals surface area contributed by atoms with E-state index >= 15 is 0 Å². The number of ether oxygens (including phenoxy) is 1. The number of amides is 1. The maximum atomic E-state index is 11.9. The van der Waals surface area contributed by atoms with Crippen molar-refractivity contribution < 1.29 is 9.53 Å². The third kappa shape index (κ3) is 5.78. The van der Waals surface area contributed by atoms with Gasteiger partial charge >= 0.3 is 0 Å². The number of rotatable bonds is 7. The van der Waals surface area contributed by atoms with Gasteiger partial charge in [0.25, 0.3) is 0 Å². The zero-order valence-electron chi connectivity index (χ0n) is 19.8. The minimum Gasteiger partial charge on any atom is -0.495 e. The topological polar surface area (TPSA) is 60.4 Å². The lowest BCUT2D eigenvalue weighted by atomic mass is 10.1. The van der Waals surface area contributed by atoms with Gasteiger partial charge < -0.3 is 24.8 Å². The summed E-state index contributed by atoms with van der Waals surface area (Å²) in [5, 5.41) is 3.45. The molecular formula is C26H35N5O2. The summed E-state index contributed by atoms with van der Waals surface area (Å²) >= 11 is 0. The highest BCUT2D eigenvalue weighted by Crippen LogP contribution is 2.28. The van der Waals surface area contributed by atoms with Crippen LogP contribution in [-0.4, -0.2) is 68.0 Å². The highest BCUT2D eigenvalue weighted by atomic mass is 16.5. The largest absolute Gasteiger partial charge is 0.495 e. The van der Waals surface area contributed by atoms with Gasteiger partial charge in [-0.15, -0.1) is 0 Å². The lowest BCUT2D eigenvalue weighted by Gasteiger charge is -2.38. The monoisotopic (exact) mass is 449 g/mol. The van der Waals surface area contributed by atoms with E-state index in [-0.39, 0.29) is 5.91 Å². The van der Waals surface area contributed by atoms with Gasteiger partial charge in [-0.25, -0.2) is 4.99 Å². The summed E-state index contributed by atoms with van der Waals surface area (Å²) in [6, 6.07) is 16.7. The molecule has 1 amide bonds. The fourth-order valence-electron chi connectivity index (χ4n) is 4.48. The summed E-state index contributed by atoms with van der Waals surface area (Å²) in [6.07, 6.45) is 1.67. The van der Waals surface area contributed by atoms with Crippen molar-refractivity contribution in [2.45, 2.75) is 32.9 Å². The van der Waals surface area contributed by atoms with Crippen molar-refractivity contribution in [3.63, 3.8) is 0 Å². The minimum absolute atomic E-state index is 0.268. The van der Waals surface area contributed by atoms with Crippen LogP contribution in [-0.2, 0) is 17.9 Å². The Morgan fingerprint density at radius 3 is 2.39 bits per heavy atom. The van der Waals surface area contributed by atoms with Gasteiger partial charge in [0.15, 0.2) is 5.96 Å². The van der Waals surface area contributed by atoms with E-state index in [1.165, 1.54) is 11.1 Å². The van der Waals surface area contributed by atoms with E-state index in [9.17, 15) is 4.79 Å². The number of likely N-dealkylation sites (tertiary alicyclic amines) is 1. The van der Waals surface area contributed by atoms with Crippen molar-refractivity contribution in [1.82, 2.24) is 15.1 Å². The van der Waals surface area contributed by atoms with Gasteiger partial charge in [-0.1, -0.05) is 36.4 Å². The van der Waals surface area contributed by atoms with Gasteiger partial charge in [-0.2, -0.15) is 0 Å². The molecule has 2 saturated heterocycles. The Kier molecular flexibility index (Phi) is 7.70. The van der Waals surface area contributed by atoms with Crippen molar-refractivity contribution in [3.8, 4) is 5.75 Å². The fraction of sp³-hybridized carbons (Fsp3) is 0.462. The molecule has 0 atom stereocenters. The summed E-state index contributed by atoms with van der Waals surface area (Å²) in [4.78, 5) is 23.4. The summed E-state index contributed by atoms with van der Waals surface area (Å²) in [6.45, 7) is 8.84. The lowest BCUT2D eigenvalue weighted by Crippen LogP contribution is -2.52. The molecule has 0 spiro atoms. The van der Waals surface area contributed by atoms with Gasteiger partial charge in [-0.05, 0) is 36.6 Å². The number of nitrogens with one attached hydrogen (secondary N) is 1. The normalized spacial score (nSPS) is 17.0. The second kappa shape index (κ2) is 11.1. The van der Waals surface area contributed by atoms with E-state index in [0.717, 1.165) is 63.1 Å². The number of hydrogen-bond acceptors (Lipinski definition) is 4. The predicted octanol–water partition coefficient (Wildman–Crippen LogP) is 3.11. The molecule has 2 fully saturated rings. The Bertz CT molecular complexity index is 951. The van der Waals surface area contributed by atoms with Crippen LogP contribution in [0.4, 0.5) is 5.69 Å². The first-order valence-electron chi connectivity index (χ1n) is 11.9. The third-order valence-electron chi connectivity index (χ3n) is 6.32. The number of benzene rings is 2. The molecule has 7 heteroatoms. The molecule has 0 unspecified atom stereocenters. The molecule has 2 aromatic rings. The van der Waals surface area contributed by atoms with Gasteiger partial charge in [-0.3, -0.25) is 4.79 Å². The fourth-order valence-corrected chi connectivity index (χ4v) is 4.48. The Balaban J connectivity index is 1.34. The Hall–Kier alpha value is -3.22. The summed E-state index contributed by atoms with van der Waals surface area (Å²) in [5.41, 5.74) is 3.50. The van der Waals surface area contributed by atoms with Crippen LogP contribution in [0.3, 0.4) is 0 Å². The minimum atomic E-state index is 0.268. The molecule has 2 aliphatic rings. The molecule has 176 valence electrons. The molecule has 0 saturated carbocycles. The number of anilines is 1. The predicted molar refractivity (Wildman–Crippen MR) is 133 cm³/mol. The zero-order chi connectivity index (χ0) is 23.0. The summed E-state index contributed by atoms with van der Waals surface area (Å²) in [7, 11) is 1.73. The Morgan fingerprint density at radius 1 is 1.00 bits per heavy atom. The molecule has 0 radical (unpaired) electrons. The Labute approximate surface area is 197 Å². The van der Waals surface area contributed by atoms with Crippen LogP contribution in [0.15, 0.2) is 53.5 Å². The summed E-state index contributed by atoms with van der Waals surface area (Å²) < 4.78 is 5.54. The van der Waals surface area contributed by atoms with Crippen LogP contribution in [0, 0.1) is 0 Å². The van der Waals surface area contributed by atoms with Gasteiger partial charge in [0.05, 0.1) is 19.3 Å². The van der Waals surface area contributed by atoms with Crippen molar-refractivity contribution in [3.05, 3.63) is 59.7 Å². The van der Waals surface area contributed by atoms with Crippen molar-refractivity contribution >= 4 is 17.6 Å². The summed E-state index contributed by atoms with van der Waals surface area (Å²) in [5.74, 6) is 2.15. The standard InChI is InChI=1S/C26H35N5O2/c1-3-27-26(30-17-15-29(16-18-30)23-7-4-5-8-24(23)33-2)28-19-21-10-12-22(13-11-21)20-31-14-6-9-25(31)32/h4-5,7-8,10-13H,3,6,9,14-20H2,1-2H3,(H,27,28). The number of guanidine groups is 1. The smallest absolute Gasteiger partial charge is 0.222 e. The number of aliphatic imine (C=N–C) groups is 1. The first kappa shape index (κ1) is 23.0. The van der Waals surface area contributed by atoms with Crippen molar-refractivity contribution in [2.75, 3.05) is 51.3 Å².